The molecule has 232 valence electrons. The topological polar surface area (TPSA) is 76.9 Å². The number of alkyl halides is 6. The maximum absolute atomic E-state index is 13.9. The van der Waals surface area contributed by atoms with Gasteiger partial charge in [0.05, 0.1) is 47.2 Å². The molecule has 4 rings (SSSR count). The van der Waals surface area contributed by atoms with Gasteiger partial charge in [0.15, 0.2) is 0 Å². The highest BCUT2D eigenvalue weighted by molar-refractivity contribution is 6.33. The maximum Gasteiger partial charge on any atom is 0.416 e. The maximum atomic E-state index is 13.9. The molecule has 0 spiro atoms. The highest BCUT2D eigenvalue weighted by atomic mass is 35.5. The van der Waals surface area contributed by atoms with Crippen LogP contribution in [0, 0.1) is 0 Å². The smallest absolute Gasteiger partial charge is 0.394 e. The second kappa shape index (κ2) is 12.0. The van der Waals surface area contributed by atoms with Crippen LogP contribution >= 0.6 is 11.6 Å². The van der Waals surface area contributed by atoms with Crippen molar-refractivity contribution in [1.29, 1.82) is 0 Å². The van der Waals surface area contributed by atoms with Crippen LogP contribution in [0.15, 0.2) is 54.7 Å². The van der Waals surface area contributed by atoms with Crippen molar-refractivity contribution in [3.05, 3.63) is 76.4 Å². The van der Waals surface area contributed by atoms with Crippen molar-refractivity contribution in [1.82, 2.24) is 4.98 Å². The van der Waals surface area contributed by atoms with E-state index in [0.717, 1.165) is 4.90 Å². The minimum Gasteiger partial charge on any atom is -0.394 e. The van der Waals surface area contributed by atoms with E-state index in [1.165, 1.54) is 27.1 Å². The van der Waals surface area contributed by atoms with Crippen molar-refractivity contribution in [3.63, 3.8) is 0 Å². The summed E-state index contributed by atoms with van der Waals surface area (Å²) in [5.41, 5.74) is -4.22. The van der Waals surface area contributed by atoms with Gasteiger partial charge in [-0.3, -0.25) is 4.79 Å². The molecule has 2 N–H and O–H groups in total. The Morgan fingerprint density at radius 3 is 2.14 bits per heavy atom. The Bertz CT molecular complexity index is 1460. The summed E-state index contributed by atoms with van der Waals surface area (Å²) in [6, 6.07) is 9.08. The number of aliphatic hydroxyl groups excluding tert-OH is 2. The highest BCUT2D eigenvalue weighted by Gasteiger charge is 2.41. The molecule has 1 saturated heterocycles. The zero-order valence-electron chi connectivity index (χ0n) is 23.5. The number of anilines is 2. The van der Waals surface area contributed by atoms with Crippen molar-refractivity contribution >= 4 is 29.0 Å². The van der Waals surface area contributed by atoms with Gasteiger partial charge in [-0.15, -0.1) is 0 Å². The number of carbonyl (C=O) groups is 1. The fraction of sp³-hybridized carbons (Fsp3) is 0.400. The van der Waals surface area contributed by atoms with Crippen LogP contribution in [0.2, 0.25) is 5.02 Å². The third kappa shape index (κ3) is 6.76. The van der Waals surface area contributed by atoms with Crippen molar-refractivity contribution in [2.24, 2.45) is 0 Å². The molecule has 13 heteroatoms. The number of nitrogens with zero attached hydrogens (tertiary/aromatic N) is 3. The van der Waals surface area contributed by atoms with Crippen molar-refractivity contribution < 1.29 is 41.4 Å². The van der Waals surface area contributed by atoms with Crippen LogP contribution in [0.1, 0.15) is 43.4 Å². The van der Waals surface area contributed by atoms with Gasteiger partial charge < -0.3 is 20.0 Å². The summed E-state index contributed by atoms with van der Waals surface area (Å²) >= 11 is 6.51. The molecule has 0 saturated carbocycles. The zero-order chi connectivity index (χ0) is 31.9. The third-order valence-electron chi connectivity index (χ3n) is 7.74. The van der Waals surface area contributed by atoms with Crippen LogP contribution in [0.3, 0.4) is 0 Å². The van der Waals surface area contributed by atoms with E-state index in [1.807, 2.05) is 4.90 Å². The summed E-state index contributed by atoms with van der Waals surface area (Å²) in [5, 5.41) is 20.3. The second-order valence-corrected chi connectivity index (χ2v) is 11.4. The van der Waals surface area contributed by atoms with E-state index in [1.54, 1.807) is 30.3 Å². The number of hydrogen-bond acceptors (Lipinski definition) is 5. The van der Waals surface area contributed by atoms with Crippen LogP contribution in [-0.2, 0) is 22.6 Å². The number of likely N-dealkylation sites (N-methyl/N-ethyl adjacent to an activating group) is 1. The molecule has 0 bridgehead atoms. The first kappa shape index (κ1) is 32.6. The monoisotopic (exact) mass is 629 g/mol. The number of amides is 1. The van der Waals surface area contributed by atoms with E-state index in [2.05, 4.69) is 4.98 Å². The molecule has 3 aromatic rings. The molecule has 2 atom stereocenters. The van der Waals surface area contributed by atoms with Gasteiger partial charge in [0.2, 0.25) is 5.91 Å². The number of aliphatic hydroxyl groups is 2. The predicted octanol–water partition coefficient (Wildman–Crippen LogP) is 6.70. The predicted molar refractivity (Wildman–Crippen MR) is 151 cm³/mol. The number of halogens is 7. The Balaban J connectivity index is 1.82. The molecule has 1 aromatic heterocycles. The molecule has 0 radical (unpaired) electrons. The minimum atomic E-state index is -5.07. The van der Waals surface area contributed by atoms with E-state index >= 15 is 0 Å². The molecule has 1 fully saturated rings. The first-order chi connectivity index (χ1) is 19.9. The van der Waals surface area contributed by atoms with E-state index < -0.39 is 52.5 Å². The number of pyridine rings is 1. The van der Waals surface area contributed by atoms with Gasteiger partial charge in [-0.1, -0.05) is 29.8 Å². The lowest BCUT2D eigenvalue weighted by molar-refractivity contribution is -0.143. The molecule has 1 amide bonds. The van der Waals surface area contributed by atoms with E-state index in [9.17, 15) is 41.4 Å². The van der Waals surface area contributed by atoms with Gasteiger partial charge in [-0.2, -0.15) is 26.3 Å². The Morgan fingerprint density at radius 1 is 1.00 bits per heavy atom. The minimum absolute atomic E-state index is 0.0190. The molecular formula is C30H30ClF6N3O3. The largest absolute Gasteiger partial charge is 0.416 e. The van der Waals surface area contributed by atoms with E-state index in [0.29, 0.717) is 53.5 Å². The molecular weight excluding hydrogens is 600 g/mol. The molecule has 2 unspecified atom stereocenters. The third-order valence-corrected chi connectivity index (χ3v) is 8.07. The van der Waals surface area contributed by atoms with Crippen LogP contribution in [0.25, 0.3) is 11.1 Å². The fourth-order valence-corrected chi connectivity index (χ4v) is 5.47. The quantitative estimate of drug-likeness (QED) is 0.297. The fourth-order valence-electron chi connectivity index (χ4n) is 5.23. The van der Waals surface area contributed by atoms with Crippen LogP contribution < -0.4 is 9.80 Å². The molecule has 2 aromatic carbocycles. The molecule has 2 heterocycles. The van der Waals surface area contributed by atoms with Crippen LogP contribution in [-0.4, -0.2) is 53.4 Å². The first-order valence-electron chi connectivity index (χ1n) is 13.3. The zero-order valence-corrected chi connectivity index (χ0v) is 24.2. The van der Waals surface area contributed by atoms with Gasteiger partial charge in [0.25, 0.3) is 0 Å². The Morgan fingerprint density at radius 2 is 1.58 bits per heavy atom. The highest BCUT2D eigenvalue weighted by Crippen LogP contribution is 2.42. The van der Waals surface area contributed by atoms with Gasteiger partial charge in [0, 0.05) is 29.7 Å². The molecule has 0 aliphatic carbocycles. The number of aromatic nitrogens is 1. The van der Waals surface area contributed by atoms with Crippen LogP contribution in [0.5, 0.6) is 0 Å². The van der Waals surface area contributed by atoms with Gasteiger partial charge in [-0.05, 0) is 62.6 Å². The summed E-state index contributed by atoms with van der Waals surface area (Å²) in [4.78, 5) is 21.4. The number of rotatable bonds is 6. The Kier molecular flexibility index (Phi) is 9.07. The van der Waals surface area contributed by atoms with Gasteiger partial charge >= 0.3 is 12.4 Å². The summed E-state index contributed by atoms with van der Waals surface area (Å²) in [6.07, 6.45) is -8.62. The molecule has 43 heavy (non-hydrogen) atoms. The van der Waals surface area contributed by atoms with Crippen molar-refractivity contribution in [2.75, 3.05) is 30.0 Å². The summed E-state index contributed by atoms with van der Waals surface area (Å²) in [6.45, 7) is 2.65. The van der Waals surface area contributed by atoms with Crippen molar-refractivity contribution in [2.45, 2.75) is 56.6 Å². The Hall–Kier alpha value is -3.35. The normalized spacial score (nSPS) is 18.1. The standard InChI is InChI=1S/C30H30ClF6N3O3/c1-28(2,17-10-18(29(32,33)34)12-19(11-17)30(35,36)37)27(43)39(3)25-15-38-26(40-9-8-21(42)13-20(40)16-41)14-23(25)22-6-4-5-7-24(22)31/h4-7,10-12,14-15,20-21,41-42H,8-9,13,16H2,1-3H3. The molecule has 1 aliphatic rings. The SMILES string of the molecule is CN(C(=O)C(C)(C)c1cc(C(F)(F)F)cc(C(F)(F)F)c1)c1cnc(N2CCC(O)CC2CO)cc1-c1ccccc1Cl. The lowest BCUT2D eigenvalue weighted by atomic mass is 9.81. The Labute approximate surface area is 249 Å². The number of carbonyl (C=O) groups excluding carboxylic acids is 1. The van der Waals surface area contributed by atoms with Gasteiger partial charge in [-0.25, -0.2) is 4.98 Å². The average Bonchev–Trinajstić information content (AvgIpc) is 2.95. The summed E-state index contributed by atoms with van der Waals surface area (Å²) < 4.78 is 81.5. The molecule has 6 nitrogen and oxygen atoms in total. The number of hydrogen-bond donors (Lipinski definition) is 2. The summed E-state index contributed by atoms with van der Waals surface area (Å²) in [7, 11) is 1.35. The van der Waals surface area contributed by atoms with E-state index in [-0.39, 0.29) is 18.4 Å². The van der Waals surface area contributed by atoms with E-state index in [4.69, 9.17) is 11.6 Å². The van der Waals surface area contributed by atoms with Crippen LogP contribution in [0.4, 0.5) is 37.8 Å². The average molecular weight is 630 g/mol. The first-order valence-corrected chi connectivity index (χ1v) is 13.7. The number of benzene rings is 2. The van der Waals surface area contributed by atoms with Crippen molar-refractivity contribution in [3.8, 4) is 11.1 Å². The number of piperidine rings is 1. The lowest BCUT2D eigenvalue weighted by Gasteiger charge is -2.38. The second-order valence-electron chi connectivity index (χ2n) is 11.0. The van der Waals surface area contributed by atoms with Gasteiger partial charge in [0.1, 0.15) is 5.82 Å². The lowest BCUT2D eigenvalue weighted by Crippen LogP contribution is -2.47. The summed E-state index contributed by atoms with van der Waals surface area (Å²) in [5.74, 6) is -0.366. The molecule has 1 aliphatic heterocycles.